The zero-order chi connectivity index (χ0) is 29.3. The van der Waals surface area contributed by atoms with Gasteiger partial charge in [-0.25, -0.2) is 21.9 Å². The van der Waals surface area contributed by atoms with E-state index >= 15 is 4.39 Å². The molecular formula is C31H29F2N5O3S. The number of hydrogen-bond donors (Lipinski definition) is 0. The molecule has 1 aliphatic heterocycles. The maximum atomic E-state index is 15.6. The first-order valence-corrected chi connectivity index (χ1v) is 15.4. The van der Waals surface area contributed by atoms with Crippen molar-refractivity contribution in [2.75, 3.05) is 30.8 Å². The number of rotatable bonds is 8. The summed E-state index contributed by atoms with van der Waals surface area (Å²) in [4.78, 5) is 2.20. The van der Waals surface area contributed by atoms with E-state index in [1.165, 1.54) is 15.2 Å². The number of nitrogens with zero attached hydrogens (tertiary/aromatic N) is 5. The van der Waals surface area contributed by atoms with Gasteiger partial charge < -0.3 is 9.64 Å². The van der Waals surface area contributed by atoms with Crippen LogP contribution in [0.3, 0.4) is 0 Å². The van der Waals surface area contributed by atoms with Crippen LogP contribution in [0.15, 0.2) is 91.0 Å². The topological polar surface area (TPSA) is 80.6 Å². The first-order valence-electron chi connectivity index (χ1n) is 13.5. The van der Waals surface area contributed by atoms with Crippen molar-refractivity contribution < 1.29 is 21.9 Å². The second-order valence-corrected chi connectivity index (χ2v) is 12.3. The maximum absolute atomic E-state index is 15.6. The van der Waals surface area contributed by atoms with Crippen LogP contribution in [0.25, 0.3) is 16.7 Å². The smallest absolute Gasteiger partial charge is 0.211 e. The maximum Gasteiger partial charge on any atom is 0.211 e. The fourth-order valence-electron chi connectivity index (χ4n) is 5.35. The monoisotopic (exact) mass is 589 g/mol. The third kappa shape index (κ3) is 5.70. The van der Waals surface area contributed by atoms with E-state index in [-0.39, 0.29) is 23.7 Å². The molecule has 1 fully saturated rings. The van der Waals surface area contributed by atoms with E-state index in [0.717, 1.165) is 22.9 Å². The minimum Gasteiger partial charge on any atom is -0.483 e. The third-order valence-corrected chi connectivity index (χ3v) is 8.73. The molecule has 5 aromatic rings. The second kappa shape index (κ2) is 11.5. The number of anilines is 1. The predicted molar refractivity (Wildman–Crippen MR) is 157 cm³/mol. The van der Waals surface area contributed by atoms with Gasteiger partial charge in [0, 0.05) is 37.4 Å². The van der Waals surface area contributed by atoms with Crippen molar-refractivity contribution in [2.24, 2.45) is 0 Å². The van der Waals surface area contributed by atoms with E-state index in [1.54, 1.807) is 12.1 Å². The summed E-state index contributed by atoms with van der Waals surface area (Å²) in [6.45, 7) is 1.27. The lowest BCUT2D eigenvalue weighted by atomic mass is 10.0. The number of sulfonamides is 1. The van der Waals surface area contributed by atoms with Gasteiger partial charge in [-0.1, -0.05) is 65.9 Å². The van der Waals surface area contributed by atoms with Gasteiger partial charge in [0.25, 0.3) is 0 Å². The summed E-state index contributed by atoms with van der Waals surface area (Å²) in [5, 5.41) is 8.08. The number of fused-ring (bicyclic) bond motifs is 1. The van der Waals surface area contributed by atoms with E-state index in [9.17, 15) is 12.8 Å². The summed E-state index contributed by atoms with van der Waals surface area (Å²) in [6, 6.07) is 27.5. The largest absolute Gasteiger partial charge is 0.483 e. The van der Waals surface area contributed by atoms with E-state index in [2.05, 4.69) is 15.2 Å². The molecule has 0 unspecified atom stereocenters. The highest BCUT2D eigenvalue weighted by Crippen LogP contribution is 2.32. The summed E-state index contributed by atoms with van der Waals surface area (Å²) in [6.07, 6.45) is 1.91. The van der Waals surface area contributed by atoms with Crippen molar-refractivity contribution in [1.29, 1.82) is 0 Å². The molecule has 8 nitrogen and oxygen atoms in total. The minimum atomic E-state index is -3.33. The van der Waals surface area contributed by atoms with Crippen LogP contribution in [0.2, 0.25) is 0 Å². The molecule has 6 rings (SSSR count). The van der Waals surface area contributed by atoms with Crippen LogP contribution in [0.5, 0.6) is 5.75 Å². The number of hydrogen-bond acceptors (Lipinski definition) is 6. The SMILES string of the molecule is CS(=O)(=O)N1CCN(c2ccc(-n3nnc4cc(F)c(OCc5ccccc5)c(F)c43)cc2)[C@H](Cc2ccccc2)C1. The molecule has 1 atom stereocenters. The van der Waals surface area contributed by atoms with Crippen molar-refractivity contribution in [3.8, 4) is 11.4 Å². The van der Waals surface area contributed by atoms with Crippen LogP contribution in [0, 0.1) is 11.6 Å². The molecular weight excluding hydrogens is 560 g/mol. The van der Waals surface area contributed by atoms with Crippen molar-refractivity contribution in [3.05, 3.63) is 114 Å². The van der Waals surface area contributed by atoms with Crippen LogP contribution in [-0.2, 0) is 23.1 Å². The lowest BCUT2D eigenvalue weighted by Crippen LogP contribution is -2.55. The van der Waals surface area contributed by atoms with E-state index in [1.807, 2.05) is 72.8 Å². The second-order valence-electron chi connectivity index (χ2n) is 10.3. The van der Waals surface area contributed by atoms with Gasteiger partial charge in [-0.05, 0) is 41.8 Å². The molecule has 0 amide bonds. The zero-order valence-corrected chi connectivity index (χ0v) is 23.7. The van der Waals surface area contributed by atoms with Gasteiger partial charge in [0.15, 0.2) is 17.4 Å². The van der Waals surface area contributed by atoms with Gasteiger partial charge in [-0.3, -0.25) is 0 Å². The molecule has 0 aliphatic carbocycles. The molecule has 0 radical (unpaired) electrons. The number of aromatic nitrogens is 3. The molecule has 0 spiro atoms. The third-order valence-electron chi connectivity index (χ3n) is 7.46. The molecule has 1 saturated heterocycles. The molecule has 1 aliphatic rings. The summed E-state index contributed by atoms with van der Waals surface area (Å²) in [5.74, 6) is -2.22. The fourth-order valence-corrected chi connectivity index (χ4v) is 6.21. The highest BCUT2D eigenvalue weighted by atomic mass is 32.2. The molecule has 0 saturated carbocycles. The van der Waals surface area contributed by atoms with E-state index in [0.29, 0.717) is 31.7 Å². The first-order chi connectivity index (χ1) is 20.3. The van der Waals surface area contributed by atoms with Gasteiger partial charge >= 0.3 is 0 Å². The number of ether oxygens (including phenoxy) is 1. The highest BCUT2D eigenvalue weighted by Gasteiger charge is 2.32. The molecule has 1 aromatic heterocycles. The summed E-state index contributed by atoms with van der Waals surface area (Å²) < 4.78 is 63.4. The highest BCUT2D eigenvalue weighted by molar-refractivity contribution is 7.88. The zero-order valence-electron chi connectivity index (χ0n) is 22.9. The lowest BCUT2D eigenvalue weighted by molar-refractivity contribution is 0.275. The number of piperazine rings is 1. The normalized spacial score (nSPS) is 16.2. The molecule has 11 heteroatoms. The number of benzene rings is 4. The summed E-state index contributed by atoms with van der Waals surface area (Å²) in [7, 11) is -3.33. The molecule has 2 heterocycles. The Morgan fingerprint density at radius 1 is 0.881 bits per heavy atom. The Bertz CT molecular complexity index is 1800. The Hall–Kier alpha value is -4.35. The average Bonchev–Trinajstić information content (AvgIpc) is 3.42. The predicted octanol–water partition coefficient (Wildman–Crippen LogP) is 4.97. The van der Waals surface area contributed by atoms with Crippen LogP contribution in [0.4, 0.5) is 14.5 Å². The summed E-state index contributed by atoms with van der Waals surface area (Å²) in [5.41, 5.74) is 3.41. The molecule has 42 heavy (non-hydrogen) atoms. The van der Waals surface area contributed by atoms with Gasteiger partial charge in [0.2, 0.25) is 10.0 Å². The van der Waals surface area contributed by atoms with Gasteiger partial charge in [0.05, 0.1) is 11.9 Å². The molecule has 0 bridgehead atoms. The van der Waals surface area contributed by atoms with Crippen molar-refractivity contribution in [2.45, 2.75) is 19.1 Å². The van der Waals surface area contributed by atoms with Crippen LogP contribution in [-0.4, -0.2) is 59.6 Å². The van der Waals surface area contributed by atoms with Gasteiger partial charge in [-0.15, -0.1) is 5.10 Å². The Labute approximate surface area is 242 Å². The standard InChI is InChI=1S/C31H29F2N5O3S/c1-42(39,40)36-16-17-37(26(20-36)18-22-8-4-2-5-9-22)24-12-14-25(15-13-24)38-30-28(34-35-38)19-27(32)31(29(30)33)41-21-23-10-6-3-7-11-23/h2-15,19,26H,16-18,20-21H2,1H3/t26-/m1/s1. The van der Waals surface area contributed by atoms with Crippen molar-refractivity contribution in [3.63, 3.8) is 0 Å². The van der Waals surface area contributed by atoms with E-state index < -0.39 is 27.4 Å². The quantitative estimate of drug-likeness (QED) is 0.254. The molecule has 4 aromatic carbocycles. The Kier molecular flexibility index (Phi) is 7.61. The minimum absolute atomic E-state index is 0.00714. The first kappa shape index (κ1) is 27.8. The van der Waals surface area contributed by atoms with Crippen LogP contribution >= 0.6 is 0 Å². The molecule has 216 valence electrons. The number of halogens is 2. The Balaban J connectivity index is 1.28. The van der Waals surface area contributed by atoms with Crippen molar-refractivity contribution >= 4 is 26.7 Å². The van der Waals surface area contributed by atoms with Gasteiger partial charge in [-0.2, -0.15) is 4.31 Å². The Morgan fingerprint density at radius 2 is 1.52 bits per heavy atom. The van der Waals surface area contributed by atoms with Crippen LogP contribution < -0.4 is 9.64 Å². The summed E-state index contributed by atoms with van der Waals surface area (Å²) >= 11 is 0. The van der Waals surface area contributed by atoms with Crippen LogP contribution in [0.1, 0.15) is 11.1 Å². The molecule has 0 N–H and O–H groups in total. The van der Waals surface area contributed by atoms with Gasteiger partial charge in [0.1, 0.15) is 17.6 Å². The van der Waals surface area contributed by atoms with E-state index in [4.69, 9.17) is 4.74 Å². The van der Waals surface area contributed by atoms with Crippen molar-refractivity contribution in [1.82, 2.24) is 19.3 Å². The Morgan fingerprint density at radius 3 is 2.19 bits per heavy atom. The lowest BCUT2D eigenvalue weighted by Gasteiger charge is -2.42. The average molecular weight is 590 g/mol. The fraction of sp³-hybridized carbons (Fsp3) is 0.226.